The van der Waals surface area contributed by atoms with Gasteiger partial charge in [-0.15, -0.1) is 11.6 Å². The monoisotopic (exact) mass is 223 g/mol. The van der Waals surface area contributed by atoms with E-state index in [4.69, 9.17) is 21.1 Å². The van der Waals surface area contributed by atoms with Crippen molar-refractivity contribution in [1.82, 2.24) is 5.32 Å². The van der Waals surface area contributed by atoms with Crippen molar-refractivity contribution in [3.8, 4) is 0 Å². The van der Waals surface area contributed by atoms with E-state index in [1.807, 2.05) is 6.92 Å². The number of nitrogens with one attached hydrogen (secondary N) is 1. The van der Waals surface area contributed by atoms with E-state index >= 15 is 0 Å². The topological polar surface area (TPSA) is 30.5 Å². The normalized spacial score (nSPS) is 14.4. The van der Waals surface area contributed by atoms with Crippen LogP contribution in [0.3, 0.4) is 0 Å². The minimum atomic E-state index is -0.0494. The van der Waals surface area contributed by atoms with E-state index in [1.54, 1.807) is 7.11 Å². The van der Waals surface area contributed by atoms with Crippen LogP contribution in [0.4, 0.5) is 0 Å². The van der Waals surface area contributed by atoms with Gasteiger partial charge in [-0.1, -0.05) is 0 Å². The Morgan fingerprint density at radius 1 is 1.29 bits per heavy atom. The maximum Gasteiger partial charge on any atom is 0.0700 e. The van der Waals surface area contributed by atoms with Gasteiger partial charge in [0.1, 0.15) is 0 Å². The predicted molar refractivity (Wildman–Crippen MR) is 60.1 cm³/mol. The third-order valence-electron chi connectivity index (χ3n) is 2.25. The number of methoxy groups -OCH3 is 1. The molecule has 0 aliphatic carbocycles. The lowest BCUT2D eigenvalue weighted by atomic mass is 10.0. The third kappa shape index (κ3) is 6.60. The molecule has 0 rings (SSSR count). The summed E-state index contributed by atoms with van der Waals surface area (Å²) in [4.78, 5) is 0. The fourth-order valence-corrected chi connectivity index (χ4v) is 0.907. The number of hydrogen-bond acceptors (Lipinski definition) is 3. The molecule has 0 aromatic heterocycles. The number of rotatable bonds is 8. The Bertz CT molecular complexity index is 140. The highest BCUT2D eigenvalue weighted by Crippen LogP contribution is 2.13. The second-order valence-electron chi connectivity index (χ2n) is 3.87. The van der Waals surface area contributed by atoms with Crippen LogP contribution in [-0.4, -0.2) is 44.4 Å². The smallest absolute Gasteiger partial charge is 0.0700 e. The van der Waals surface area contributed by atoms with E-state index in [0.29, 0.717) is 19.8 Å². The maximum atomic E-state index is 6.01. The minimum absolute atomic E-state index is 0.0494. The first kappa shape index (κ1) is 14.2. The Morgan fingerprint density at radius 3 is 2.43 bits per heavy atom. The highest BCUT2D eigenvalue weighted by Gasteiger charge is 2.22. The summed E-state index contributed by atoms with van der Waals surface area (Å²) in [5.74, 6) is 0. The van der Waals surface area contributed by atoms with Crippen molar-refractivity contribution in [3.63, 3.8) is 0 Å². The van der Waals surface area contributed by atoms with E-state index < -0.39 is 0 Å². The Hall–Kier alpha value is 0.170. The summed E-state index contributed by atoms with van der Waals surface area (Å²) < 4.78 is 10.2. The van der Waals surface area contributed by atoms with Crippen LogP contribution in [0.1, 0.15) is 20.8 Å². The van der Waals surface area contributed by atoms with Crippen LogP contribution in [-0.2, 0) is 9.47 Å². The summed E-state index contributed by atoms with van der Waals surface area (Å²) in [6.45, 7) is 8.95. The second kappa shape index (κ2) is 7.46. The second-order valence-corrected chi connectivity index (χ2v) is 4.52. The average molecular weight is 224 g/mol. The summed E-state index contributed by atoms with van der Waals surface area (Å²) in [5.41, 5.74) is -0.0494. The largest absolute Gasteiger partial charge is 0.382 e. The van der Waals surface area contributed by atoms with Crippen LogP contribution in [0, 0.1) is 0 Å². The molecule has 0 aliphatic rings. The van der Waals surface area contributed by atoms with Crippen molar-refractivity contribution >= 4 is 11.6 Å². The Labute approximate surface area is 92.1 Å². The molecule has 0 amide bonds. The SMILES string of the molecule is COCCOCCNC(C)(C)C(C)Cl. The third-order valence-corrected chi connectivity index (χ3v) is 2.80. The molecule has 86 valence electrons. The molecule has 1 N–H and O–H groups in total. The molecule has 0 bridgehead atoms. The van der Waals surface area contributed by atoms with Gasteiger partial charge in [0.25, 0.3) is 0 Å². The van der Waals surface area contributed by atoms with Gasteiger partial charge in [-0.2, -0.15) is 0 Å². The molecule has 0 aliphatic heterocycles. The maximum absolute atomic E-state index is 6.01. The van der Waals surface area contributed by atoms with Gasteiger partial charge in [-0.25, -0.2) is 0 Å². The molecule has 14 heavy (non-hydrogen) atoms. The van der Waals surface area contributed by atoms with Crippen molar-refractivity contribution < 1.29 is 9.47 Å². The Morgan fingerprint density at radius 2 is 1.93 bits per heavy atom. The average Bonchev–Trinajstić information content (AvgIpc) is 2.10. The van der Waals surface area contributed by atoms with Gasteiger partial charge in [0, 0.05) is 24.6 Å². The molecule has 0 heterocycles. The zero-order chi connectivity index (χ0) is 11.0. The lowest BCUT2D eigenvalue weighted by molar-refractivity contribution is 0.0695. The van der Waals surface area contributed by atoms with Crippen molar-refractivity contribution in [3.05, 3.63) is 0 Å². The van der Waals surface area contributed by atoms with E-state index in [2.05, 4.69) is 19.2 Å². The van der Waals surface area contributed by atoms with Crippen LogP contribution in [0.2, 0.25) is 0 Å². The first-order chi connectivity index (χ1) is 6.50. The highest BCUT2D eigenvalue weighted by atomic mass is 35.5. The first-order valence-electron chi connectivity index (χ1n) is 4.96. The Kier molecular flexibility index (Phi) is 7.55. The summed E-state index contributed by atoms with van der Waals surface area (Å²) in [5, 5.41) is 3.44. The highest BCUT2D eigenvalue weighted by molar-refractivity contribution is 6.21. The van der Waals surface area contributed by atoms with Crippen LogP contribution in [0.25, 0.3) is 0 Å². The van der Waals surface area contributed by atoms with Crippen molar-refractivity contribution in [2.45, 2.75) is 31.7 Å². The van der Waals surface area contributed by atoms with Gasteiger partial charge in [0.2, 0.25) is 0 Å². The zero-order valence-electron chi connectivity index (χ0n) is 9.60. The summed E-state index contributed by atoms with van der Waals surface area (Å²) in [7, 11) is 1.67. The summed E-state index contributed by atoms with van der Waals surface area (Å²) in [6, 6.07) is 0. The predicted octanol–water partition coefficient (Wildman–Crippen LogP) is 1.64. The molecule has 0 aromatic carbocycles. The molecule has 0 aromatic rings. The fourth-order valence-electron chi connectivity index (χ4n) is 0.830. The molecular weight excluding hydrogens is 202 g/mol. The first-order valence-corrected chi connectivity index (χ1v) is 5.40. The molecule has 0 saturated heterocycles. The van der Waals surface area contributed by atoms with Gasteiger partial charge >= 0.3 is 0 Å². The number of halogens is 1. The standard InChI is InChI=1S/C10H22ClNO2/c1-9(11)10(2,3)12-5-6-14-8-7-13-4/h9,12H,5-8H2,1-4H3. The van der Waals surface area contributed by atoms with Crippen molar-refractivity contribution in [1.29, 1.82) is 0 Å². The Balaban J connectivity index is 3.35. The van der Waals surface area contributed by atoms with Gasteiger partial charge in [0.05, 0.1) is 19.8 Å². The lowest BCUT2D eigenvalue weighted by Gasteiger charge is -2.29. The zero-order valence-corrected chi connectivity index (χ0v) is 10.4. The lowest BCUT2D eigenvalue weighted by Crippen LogP contribution is -2.47. The van der Waals surface area contributed by atoms with Gasteiger partial charge < -0.3 is 14.8 Å². The van der Waals surface area contributed by atoms with E-state index in [-0.39, 0.29) is 10.9 Å². The molecule has 1 atom stereocenters. The summed E-state index contributed by atoms with van der Waals surface area (Å²) in [6.07, 6.45) is 0. The number of alkyl halides is 1. The molecule has 0 radical (unpaired) electrons. The van der Waals surface area contributed by atoms with Crippen LogP contribution >= 0.6 is 11.6 Å². The molecular formula is C10H22ClNO2. The minimum Gasteiger partial charge on any atom is -0.382 e. The molecule has 0 fully saturated rings. The van der Waals surface area contributed by atoms with Crippen LogP contribution < -0.4 is 5.32 Å². The quantitative estimate of drug-likeness (QED) is 0.502. The molecule has 1 unspecified atom stereocenters. The fraction of sp³-hybridized carbons (Fsp3) is 1.00. The van der Waals surface area contributed by atoms with Crippen molar-refractivity contribution in [2.75, 3.05) is 33.5 Å². The number of hydrogen-bond donors (Lipinski definition) is 1. The summed E-state index contributed by atoms with van der Waals surface area (Å²) >= 11 is 6.01. The van der Waals surface area contributed by atoms with E-state index in [1.165, 1.54) is 0 Å². The molecule has 0 saturated carbocycles. The van der Waals surface area contributed by atoms with E-state index in [9.17, 15) is 0 Å². The van der Waals surface area contributed by atoms with Crippen molar-refractivity contribution in [2.24, 2.45) is 0 Å². The number of ether oxygens (including phenoxy) is 2. The molecule has 4 heteroatoms. The van der Waals surface area contributed by atoms with Crippen LogP contribution in [0.15, 0.2) is 0 Å². The van der Waals surface area contributed by atoms with Gasteiger partial charge in [-0.05, 0) is 20.8 Å². The molecule has 0 spiro atoms. The molecule has 3 nitrogen and oxygen atoms in total. The van der Waals surface area contributed by atoms with Gasteiger partial charge in [0.15, 0.2) is 0 Å². The van der Waals surface area contributed by atoms with Gasteiger partial charge in [-0.3, -0.25) is 0 Å². The van der Waals surface area contributed by atoms with Crippen LogP contribution in [0.5, 0.6) is 0 Å². The van der Waals surface area contributed by atoms with E-state index in [0.717, 1.165) is 6.54 Å².